The summed E-state index contributed by atoms with van der Waals surface area (Å²) in [7, 11) is 3.19. The summed E-state index contributed by atoms with van der Waals surface area (Å²) < 4.78 is 4.66. The Hall–Kier alpha value is -1.43. The first-order valence-electron chi connectivity index (χ1n) is 6.12. The Morgan fingerprint density at radius 1 is 1.32 bits per heavy atom. The van der Waals surface area contributed by atoms with Gasteiger partial charge in [0.1, 0.15) is 4.88 Å². The van der Waals surface area contributed by atoms with Gasteiger partial charge in [0.05, 0.1) is 7.11 Å². The third-order valence-electron chi connectivity index (χ3n) is 3.19. The molecule has 0 amide bonds. The molecule has 19 heavy (non-hydrogen) atoms. The summed E-state index contributed by atoms with van der Waals surface area (Å²) in [5.74, 6) is -0.302. The van der Waals surface area contributed by atoms with E-state index in [1.54, 1.807) is 0 Å². The number of methoxy groups -OCH3 is 1. The summed E-state index contributed by atoms with van der Waals surface area (Å²) in [6.45, 7) is 7.73. The van der Waals surface area contributed by atoms with Crippen LogP contribution in [0.25, 0.3) is 0 Å². The number of ketones is 1. The van der Waals surface area contributed by atoms with Crippen molar-refractivity contribution in [3.8, 4) is 0 Å². The van der Waals surface area contributed by atoms with Gasteiger partial charge in [-0.1, -0.05) is 25.2 Å². The number of Topliss-reactive ketones (excluding diaryl/α,β-unsaturated/α-hetero) is 1. The molecule has 0 fully saturated rings. The van der Waals surface area contributed by atoms with Crippen molar-refractivity contribution in [2.45, 2.75) is 33.7 Å². The second-order valence-electron chi connectivity index (χ2n) is 4.82. The smallest absolute Gasteiger partial charge is 0.358 e. The van der Waals surface area contributed by atoms with Gasteiger partial charge in [-0.05, 0) is 12.8 Å². The van der Waals surface area contributed by atoms with Crippen LogP contribution in [-0.2, 0) is 4.74 Å². The molecule has 1 atom stereocenters. The van der Waals surface area contributed by atoms with Crippen LogP contribution in [0.1, 0.15) is 47.9 Å². The molecule has 0 N–H and O–H groups in total. The molecular weight excluding hydrogens is 264 g/mol. The van der Waals surface area contributed by atoms with Crippen LogP contribution in [0.15, 0.2) is 0 Å². The van der Waals surface area contributed by atoms with Crippen molar-refractivity contribution < 1.29 is 14.3 Å². The van der Waals surface area contributed by atoms with E-state index in [2.05, 4.69) is 30.5 Å². The van der Waals surface area contributed by atoms with Crippen molar-refractivity contribution in [3.05, 3.63) is 10.6 Å². The first-order chi connectivity index (χ1) is 8.79. The maximum absolute atomic E-state index is 11.6. The second kappa shape index (κ2) is 6.14. The molecule has 0 saturated carbocycles. The lowest BCUT2D eigenvalue weighted by atomic mass is 10.1. The molecule has 0 radical (unpaired) electrons. The highest BCUT2D eigenvalue weighted by molar-refractivity contribution is 7.17. The normalized spacial score (nSPS) is 12.4. The number of thiazole rings is 1. The summed E-state index contributed by atoms with van der Waals surface area (Å²) >= 11 is 1.23. The van der Waals surface area contributed by atoms with Gasteiger partial charge < -0.3 is 9.64 Å². The van der Waals surface area contributed by atoms with E-state index in [-0.39, 0.29) is 17.5 Å². The van der Waals surface area contributed by atoms with Gasteiger partial charge >= 0.3 is 5.97 Å². The van der Waals surface area contributed by atoms with E-state index in [0.29, 0.717) is 15.9 Å². The van der Waals surface area contributed by atoms with Crippen molar-refractivity contribution in [2.75, 3.05) is 19.1 Å². The van der Waals surface area contributed by atoms with Crippen molar-refractivity contribution >= 4 is 28.2 Å². The largest absolute Gasteiger partial charge is 0.464 e. The fraction of sp³-hybridized carbons (Fsp3) is 0.615. The summed E-state index contributed by atoms with van der Waals surface area (Å²) in [4.78, 5) is 29.8. The first kappa shape index (κ1) is 15.6. The molecule has 0 aliphatic rings. The zero-order chi connectivity index (χ0) is 14.7. The lowest BCUT2D eigenvalue weighted by Gasteiger charge is -2.27. The van der Waals surface area contributed by atoms with Gasteiger partial charge in [-0.15, -0.1) is 0 Å². The number of anilines is 1. The Balaban J connectivity index is 3.18. The van der Waals surface area contributed by atoms with Gasteiger partial charge in [0.2, 0.25) is 0 Å². The minimum Gasteiger partial charge on any atom is -0.464 e. The maximum Gasteiger partial charge on any atom is 0.358 e. The number of ether oxygens (including phenoxy) is 1. The van der Waals surface area contributed by atoms with E-state index in [4.69, 9.17) is 0 Å². The molecule has 1 aromatic rings. The van der Waals surface area contributed by atoms with Gasteiger partial charge in [0.25, 0.3) is 0 Å². The Bertz CT molecular complexity index is 482. The van der Waals surface area contributed by atoms with Crippen LogP contribution in [0.4, 0.5) is 5.13 Å². The van der Waals surface area contributed by atoms with E-state index in [0.717, 1.165) is 0 Å². The fourth-order valence-electron chi connectivity index (χ4n) is 1.55. The zero-order valence-corrected chi connectivity index (χ0v) is 13.0. The molecule has 0 aliphatic heterocycles. The Morgan fingerprint density at radius 2 is 1.89 bits per heavy atom. The number of carbonyl (C=O) groups is 2. The van der Waals surface area contributed by atoms with Crippen LogP contribution in [0.5, 0.6) is 0 Å². The number of hydrogen-bond donors (Lipinski definition) is 0. The number of nitrogens with zero attached hydrogens (tertiary/aromatic N) is 2. The molecule has 1 rings (SSSR count). The standard InChI is InChI=1S/C13H20N2O3S/c1-7(2)8(3)15(5)13-14-10(12(17)18-6)11(19-13)9(4)16/h7-8H,1-6H3. The van der Waals surface area contributed by atoms with Crippen molar-refractivity contribution in [2.24, 2.45) is 5.92 Å². The fourth-order valence-corrected chi connectivity index (χ4v) is 2.55. The quantitative estimate of drug-likeness (QED) is 0.614. The van der Waals surface area contributed by atoms with E-state index < -0.39 is 5.97 Å². The lowest BCUT2D eigenvalue weighted by molar-refractivity contribution is 0.0591. The molecule has 6 heteroatoms. The zero-order valence-electron chi connectivity index (χ0n) is 12.2. The van der Waals surface area contributed by atoms with Crippen LogP contribution in [0.3, 0.4) is 0 Å². The predicted molar refractivity (Wildman–Crippen MR) is 76.2 cm³/mol. The van der Waals surface area contributed by atoms with E-state index in [1.165, 1.54) is 25.4 Å². The highest BCUT2D eigenvalue weighted by atomic mass is 32.1. The molecule has 0 aliphatic carbocycles. The minimum atomic E-state index is -0.571. The second-order valence-corrected chi connectivity index (χ2v) is 5.79. The average molecular weight is 284 g/mol. The van der Waals surface area contributed by atoms with Crippen molar-refractivity contribution in [3.63, 3.8) is 0 Å². The monoisotopic (exact) mass is 284 g/mol. The third-order valence-corrected chi connectivity index (χ3v) is 4.44. The minimum absolute atomic E-state index is 0.109. The molecule has 1 unspecified atom stereocenters. The summed E-state index contributed by atoms with van der Waals surface area (Å²) in [5.41, 5.74) is 0.109. The van der Waals surface area contributed by atoms with Gasteiger partial charge in [-0.25, -0.2) is 9.78 Å². The van der Waals surface area contributed by atoms with Crippen molar-refractivity contribution in [1.82, 2.24) is 4.98 Å². The number of carbonyl (C=O) groups excluding carboxylic acids is 2. The number of aromatic nitrogens is 1. The van der Waals surface area contributed by atoms with Gasteiger partial charge in [0.15, 0.2) is 16.6 Å². The third kappa shape index (κ3) is 3.32. The van der Waals surface area contributed by atoms with Gasteiger partial charge in [-0.2, -0.15) is 0 Å². The summed E-state index contributed by atoms with van der Waals surface area (Å²) in [5, 5.41) is 0.659. The lowest BCUT2D eigenvalue weighted by Crippen LogP contribution is -2.33. The maximum atomic E-state index is 11.6. The van der Waals surface area contributed by atoms with Crippen LogP contribution in [0, 0.1) is 5.92 Å². The molecule has 1 heterocycles. The van der Waals surface area contributed by atoms with Gasteiger partial charge in [-0.3, -0.25) is 4.79 Å². The molecule has 106 valence electrons. The molecule has 5 nitrogen and oxygen atoms in total. The van der Waals surface area contributed by atoms with E-state index in [9.17, 15) is 9.59 Å². The Kier molecular flexibility index (Phi) is 5.05. The highest BCUT2D eigenvalue weighted by Crippen LogP contribution is 2.29. The number of rotatable bonds is 5. The van der Waals surface area contributed by atoms with Gasteiger partial charge in [0, 0.05) is 20.0 Å². The first-order valence-corrected chi connectivity index (χ1v) is 6.94. The van der Waals surface area contributed by atoms with Crippen molar-refractivity contribution in [1.29, 1.82) is 0 Å². The highest BCUT2D eigenvalue weighted by Gasteiger charge is 2.25. The Morgan fingerprint density at radius 3 is 2.32 bits per heavy atom. The van der Waals surface area contributed by atoms with E-state index in [1.807, 2.05) is 11.9 Å². The number of hydrogen-bond acceptors (Lipinski definition) is 6. The van der Waals surface area contributed by atoms with E-state index >= 15 is 0 Å². The molecule has 1 aromatic heterocycles. The molecule has 0 spiro atoms. The topological polar surface area (TPSA) is 59.5 Å². The number of esters is 1. The summed E-state index contributed by atoms with van der Waals surface area (Å²) in [6, 6.07) is 0.261. The van der Waals surface area contributed by atoms with Crippen LogP contribution < -0.4 is 4.90 Å². The summed E-state index contributed by atoms with van der Waals surface area (Å²) in [6.07, 6.45) is 0. The SMILES string of the molecule is COC(=O)c1nc(N(C)C(C)C(C)C)sc1C(C)=O. The average Bonchev–Trinajstić information content (AvgIpc) is 2.80. The van der Waals surface area contributed by atoms with Crippen LogP contribution in [0.2, 0.25) is 0 Å². The molecular formula is C13H20N2O3S. The Labute approximate surface area is 117 Å². The molecule has 0 aromatic carbocycles. The molecule has 0 bridgehead atoms. The molecule has 0 saturated heterocycles. The van der Waals surface area contributed by atoms with Crippen LogP contribution in [-0.4, -0.2) is 36.9 Å². The van der Waals surface area contributed by atoms with Crippen LogP contribution >= 0.6 is 11.3 Å². The predicted octanol–water partition coefficient (Wildman–Crippen LogP) is 2.61.